The topological polar surface area (TPSA) is 67.9 Å². The minimum atomic E-state index is -0.530. The monoisotopic (exact) mass is 558 g/mol. The van der Waals surface area contributed by atoms with Gasteiger partial charge in [-0.3, -0.25) is 4.79 Å². The average Bonchev–Trinajstić information content (AvgIpc) is 3.31. The van der Waals surface area contributed by atoms with E-state index in [9.17, 15) is 9.59 Å². The maximum absolute atomic E-state index is 13.1. The van der Waals surface area contributed by atoms with Crippen LogP contribution in [0.15, 0.2) is 53.9 Å². The summed E-state index contributed by atoms with van der Waals surface area (Å²) in [7, 11) is 1.62. The van der Waals surface area contributed by atoms with Crippen LogP contribution in [0.4, 0.5) is 10.5 Å². The van der Waals surface area contributed by atoms with Crippen molar-refractivity contribution in [2.45, 2.75) is 46.1 Å². The number of carbonyl (C=O) groups is 2. The summed E-state index contributed by atoms with van der Waals surface area (Å²) in [4.78, 5) is 25.7. The molecule has 1 heterocycles. The van der Waals surface area contributed by atoms with E-state index in [0.717, 1.165) is 33.7 Å². The Kier molecular flexibility index (Phi) is 8.61. The molecule has 0 aliphatic carbocycles. The van der Waals surface area contributed by atoms with E-state index in [0.29, 0.717) is 11.4 Å². The maximum Gasteiger partial charge on any atom is 0.407 e. The molecule has 2 amide bonds. The first-order chi connectivity index (χ1) is 16.5. The summed E-state index contributed by atoms with van der Waals surface area (Å²) < 4.78 is 12.1. The van der Waals surface area contributed by atoms with E-state index >= 15 is 0 Å². The summed E-state index contributed by atoms with van der Waals surface area (Å²) in [6.07, 6.45) is -0.423. The minimum Gasteiger partial charge on any atom is -0.497 e. The van der Waals surface area contributed by atoms with Gasteiger partial charge in [0.15, 0.2) is 0 Å². The van der Waals surface area contributed by atoms with Crippen LogP contribution in [0.25, 0.3) is 11.1 Å². The third kappa shape index (κ3) is 7.08. The number of methoxy groups -OCH3 is 1. The third-order valence-corrected chi connectivity index (χ3v) is 6.97. The van der Waals surface area contributed by atoms with Gasteiger partial charge in [0.1, 0.15) is 11.4 Å². The van der Waals surface area contributed by atoms with Gasteiger partial charge in [-0.1, -0.05) is 31.2 Å². The molecule has 0 saturated carbocycles. The number of aryl methyl sites for hydroxylation is 1. The molecule has 8 heteroatoms. The molecule has 3 rings (SSSR count). The summed E-state index contributed by atoms with van der Waals surface area (Å²) in [6.45, 7) is 9.97. The molecule has 0 saturated heterocycles. The van der Waals surface area contributed by atoms with Gasteiger partial charge in [0.25, 0.3) is 5.91 Å². The lowest BCUT2D eigenvalue weighted by Gasteiger charge is -2.21. The van der Waals surface area contributed by atoms with Crippen molar-refractivity contribution < 1.29 is 19.1 Å². The summed E-state index contributed by atoms with van der Waals surface area (Å²) >= 11 is 4.84. The smallest absolute Gasteiger partial charge is 0.407 e. The normalized spacial score (nSPS) is 12.1. The quantitative estimate of drug-likeness (QED) is 0.308. The number of hydrogen-bond acceptors (Lipinski definition) is 5. The Morgan fingerprint density at radius 1 is 1.11 bits per heavy atom. The van der Waals surface area contributed by atoms with Crippen molar-refractivity contribution in [2.24, 2.45) is 0 Å². The van der Waals surface area contributed by atoms with Crippen LogP contribution in [-0.2, 0) is 4.74 Å². The molecular formula is C27H31BrN2O4S. The largest absolute Gasteiger partial charge is 0.497 e. The van der Waals surface area contributed by atoms with Crippen molar-refractivity contribution in [1.29, 1.82) is 0 Å². The number of alkyl carbamates (subject to hydrolysis) is 1. The maximum atomic E-state index is 13.1. The highest BCUT2D eigenvalue weighted by atomic mass is 79.9. The number of ether oxygens (including phenoxy) is 2. The van der Waals surface area contributed by atoms with E-state index in [1.54, 1.807) is 7.11 Å². The van der Waals surface area contributed by atoms with Gasteiger partial charge < -0.3 is 14.8 Å². The number of thiophene rings is 1. The van der Waals surface area contributed by atoms with Crippen molar-refractivity contribution in [3.8, 4) is 16.9 Å². The first kappa shape index (κ1) is 26.8. The Bertz CT molecular complexity index is 1200. The number of nitrogens with zero attached hydrogens (tertiary/aromatic N) is 1. The molecule has 3 aromatic rings. The molecule has 2 aromatic carbocycles. The number of carbonyl (C=O) groups excluding carboxylic acids is 2. The predicted molar refractivity (Wildman–Crippen MR) is 146 cm³/mol. The molecule has 0 bridgehead atoms. The van der Waals surface area contributed by atoms with Crippen molar-refractivity contribution in [3.05, 3.63) is 69.9 Å². The van der Waals surface area contributed by atoms with Gasteiger partial charge in [-0.2, -0.15) is 0 Å². The zero-order valence-electron chi connectivity index (χ0n) is 20.8. The highest BCUT2D eigenvalue weighted by Gasteiger charge is 2.20. The molecule has 1 aromatic heterocycles. The Morgan fingerprint density at radius 3 is 2.51 bits per heavy atom. The molecule has 0 aliphatic heterocycles. The van der Waals surface area contributed by atoms with Crippen LogP contribution in [0.3, 0.4) is 0 Å². The van der Waals surface area contributed by atoms with Crippen LogP contribution < -0.4 is 14.0 Å². The predicted octanol–water partition coefficient (Wildman–Crippen LogP) is 7.32. The number of rotatable bonds is 7. The molecule has 186 valence electrons. The van der Waals surface area contributed by atoms with Crippen LogP contribution in [-0.4, -0.2) is 31.3 Å². The summed E-state index contributed by atoms with van der Waals surface area (Å²) in [5, 5.41) is 4.82. The zero-order chi connectivity index (χ0) is 25.8. The number of halogens is 1. The fourth-order valence-electron chi connectivity index (χ4n) is 3.47. The third-order valence-electron chi connectivity index (χ3n) is 5.34. The van der Waals surface area contributed by atoms with E-state index in [1.807, 2.05) is 75.5 Å². The second-order valence-electron chi connectivity index (χ2n) is 9.35. The van der Waals surface area contributed by atoms with E-state index < -0.39 is 11.7 Å². The molecule has 0 spiro atoms. The summed E-state index contributed by atoms with van der Waals surface area (Å²) in [6, 6.07) is 15.6. The second-order valence-corrected chi connectivity index (χ2v) is 11.0. The van der Waals surface area contributed by atoms with E-state index in [1.165, 1.54) is 15.3 Å². The van der Waals surface area contributed by atoms with Crippen LogP contribution in [0.1, 0.15) is 54.4 Å². The minimum absolute atomic E-state index is 0.0956. The lowest BCUT2D eigenvalue weighted by molar-refractivity contribution is 0.0525. The van der Waals surface area contributed by atoms with Crippen LogP contribution in [0.2, 0.25) is 0 Å². The molecule has 35 heavy (non-hydrogen) atoms. The molecule has 0 radical (unpaired) electrons. The van der Waals surface area contributed by atoms with Crippen LogP contribution in [0.5, 0.6) is 5.75 Å². The SMILES string of the molecule is COc1ccc(N(Br)C(=O)c2cc(-c3cccc(C(C)CNC(=O)OC(C)(C)C)c3)cs2)c(C)c1. The lowest BCUT2D eigenvalue weighted by atomic mass is 9.97. The first-order valence-electron chi connectivity index (χ1n) is 11.3. The standard InChI is InChI=1S/C27H31BrN2O4S/c1-17-12-22(33-6)10-11-23(17)30(28)25(31)24-14-21(16-35-24)20-9-7-8-19(13-20)18(2)15-29-26(32)34-27(3,4)5/h7-14,16,18H,15H2,1-6H3,(H,29,32). The average molecular weight is 560 g/mol. The number of benzene rings is 2. The molecule has 0 aliphatic rings. The molecule has 1 unspecified atom stereocenters. The molecule has 0 fully saturated rings. The van der Waals surface area contributed by atoms with Crippen molar-refractivity contribution in [2.75, 3.05) is 17.6 Å². The van der Waals surface area contributed by atoms with Gasteiger partial charge in [-0.15, -0.1) is 11.3 Å². The molecular weight excluding hydrogens is 528 g/mol. The Hall–Kier alpha value is -2.84. The Morgan fingerprint density at radius 2 is 1.86 bits per heavy atom. The van der Waals surface area contributed by atoms with Gasteiger partial charge in [0.05, 0.1) is 33.8 Å². The van der Waals surface area contributed by atoms with Crippen LogP contribution in [0, 0.1) is 6.92 Å². The number of nitrogens with one attached hydrogen (secondary N) is 1. The summed E-state index contributed by atoms with van der Waals surface area (Å²) in [5.74, 6) is 0.701. The van der Waals surface area contributed by atoms with Crippen molar-refractivity contribution in [1.82, 2.24) is 5.32 Å². The Labute approximate surface area is 219 Å². The van der Waals surface area contributed by atoms with Crippen molar-refractivity contribution >= 4 is 45.2 Å². The van der Waals surface area contributed by atoms with Crippen molar-refractivity contribution in [3.63, 3.8) is 0 Å². The number of hydrogen-bond donors (Lipinski definition) is 1. The highest BCUT2D eigenvalue weighted by Crippen LogP contribution is 2.32. The van der Waals surface area contributed by atoms with Crippen LogP contribution >= 0.6 is 27.5 Å². The highest BCUT2D eigenvalue weighted by molar-refractivity contribution is 9.10. The molecule has 6 nitrogen and oxygen atoms in total. The van der Waals surface area contributed by atoms with E-state index in [-0.39, 0.29) is 11.8 Å². The second kappa shape index (κ2) is 11.3. The van der Waals surface area contributed by atoms with E-state index in [2.05, 4.69) is 34.5 Å². The van der Waals surface area contributed by atoms with Gasteiger partial charge >= 0.3 is 6.09 Å². The van der Waals surface area contributed by atoms with Gasteiger partial charge in [-0.25, -0.2) is 8.72 Å². The number of amides is 2. The molecule has 1 N–H and O–H groups in total. The lowest BCUT2D eigenvalue weighted by Crippen LogP contribution is -2.34. The van der Waals surface area contributed by atoms with E-state index in [4.69, 9.17) is 9.47 Å². The Balaban J connectivity index is 1.71. The van der Waals surface area contributed by atoms with Gasteiger partial charge in [0, 0.05) is 6.54 Å². The molecule has 1 atom stereocenters. The zero-order valence-corrected chi connectivity index (χ0v) is 23.2. The fourth-order valence-corrected chi connectivity index (χ4v) is 5.03. The number of anilines is 1. The van der Waals surface area contributed by atoms with Gasteiger partial charge in [-0.05, 0) is 85.5 Å². The first-order valence-corrected chi connectivity index (χ1v) is 12.9. The van der Waals surface area contributed by atoms with Gasteiger partial charge in [0.2, 0.25) is 0 Å². The fraction of sp³-hybridized carbons (Fsp3) is 0.333. The summed E-state index contributed by atoms with van der Waals surface area (Å²) in [5.41, 5.74) is 4.24.